The standard InChI is InChI=1S/C20H18N6O4/c1-24-18-17(19(29)25(2)20(24)30)21-11-26(18)10-16(28)23-22-9-14-13-6-4-3-5-12(13)7-8-15(14)27/h3-9,11,27H,10H2,1-2H3,(H,23,28)/b22-9-. The summed E-state index contributed by atoms with van der Waals surface area (Å²) in [5.41, 5.74) is 2.16. The Balaban J connectivity index is 1.58. The molecule has 0 saturated carbocycles. The van der Waals surface area contributed by atoms with Gasteiger partial charge in [-0.3, -0.25) is 18.7 Å². The first-order valence-corrected chi connectivity index (χ1v) is 9.02. The summed E-state index contributed by atoms with van der Waals surface area (Å²) in [6.07, 6.45) is 2.69. The first kappa shape index (κ1) is 19.1. The van der Waals surface area contributed by atoms with Crippen LogP contribution >= 0.6 is 0 Å². The van der Waals surface area contributed by atoms with E-state index >= 15 is 0 Å². The maximum absolute atomic E-state index is 12.3. The largest absolute Gasteiger partial charge is 0.507 e. The summed E-state index contributed by atoms with van der Waals surface area (Å²) in [5.74, 6) is -0.448. The Kier molecular flexibility index (Phi) is 4.66. The molecule has 0 spiro atoms. The molecular formula is C20H18N6O4. The van der Waals surface area contributed by atoms with Crippen molar-refractivity contribution in [3.8, 4) is 5.75 Å². The zero-order chi connectivity index (χ0) is 21.4. The molecule has 2 aromatic heterocycles. The summed E-state index contributed by atoms with van der Waals surface area (Å²) in [5, 5.41) is 15.8. The molecule has 0 unspecified atom stereocenters. The van der Waals surface area contributed by atoms with Gasteiger partial charge in [-0.2, -0.15) is 5.10 Å². The SMILES string of the molecule is Cn1c(=O)c2ncn(CC(=O)N/N=C\c3c(O)ccc4ccccc34)c2n(C)c1=O. The Bertz CT molecular complexity index is 1440. The van der Waals surface area contributed by atoms with Crippen molar-refractivity contribution in [3.05, 3.63) is 69.1 Å². The number of nitrogens with zero attached hydrogens (tertiary/aromatic N) is 5. The average Bonchev–Trinajstić information content (AvgIpc) is 3.16. The van der Waals surface area contributed by atoms with Crippen LogP contribution in [0.3, 0.4) is 0 Å². The molecule has 0 fully saturated rings. The Hall–Kier alpha value is -4.21. The quantitative estimate of drug-likeness (QED) is 0.376. The summed E-state index contributed by atoms with van der Waals surface area (Å²) in [6.45, 7) is -0.199. The van der Waals surface area contributed by atoms with Gasteiger partial charge in [-0.05, 0) is 16.8 Å². The van der Waals surface area contributed by atoms with Crippen LogP contribution < -0.4 is 16.7 Å². The summed E-state index contributed by atoms with van der Waals surface area (Å²) in [4.78, 5) is 40.7. The highest BCUT2D eigenvalue weighted by Crippen LogP contribution is 2.25. The van der Waals surface area contributed by atoms with Gasteiger partial charge in [0.25, 0.3) is 11.5 Å². The van der Waals surface area contributed by atoms with Crippen LogP contribution in [0.2, 0.25) is 0 Å². The maximum atomic E-state index is 12.3. The molecule has 4 aromatic rings. The van der Waals surface area contributed by atoms with Gasteiger partial charge in [0.15, 0.2) is 5.52 Å². The van der Waals surface area contributed by atoms with Crippen LogP contribution in [0.1, 0.15) is 5.56 Å². The molecule has 2 N–H and O–H groups in total. The molecule has 152 valence electrons. The van der Waals surface area contributed by atoms with Gasteiger partial charge in [-0.25, -0.2) is 15.2 Å². The van der Waals surface area contributed by atoms with Gasteiger partial charge < -0.3 is 9.67 Å². The molecule has 0 aliphatic rings. The Morgan fingerprint density at radius 3 is 2.73 bits per heavy atom. The van der Waals surface area contributed by atoms with Crippen molar-refractivity contribution < 1.29 is 9.90 Å². The summed E-state index contributed by atoms with van der Waals surface area (Å²) < 4.78 is 3.62. The number of carbonyl (C=O) groups is 1. The zero-order valence-electron chi connectivity index (χ0n) is 16.2. The maximum Gasteiger partial charge on any atom is 0.332 e. The molecule has 10 heteroatoms. The number of phenolic OH excluding ortho intramolecular Hbond substituents is 1. The smallest absolute Gasteiger partial charge is 0.332 e. The van der Waals surface area contributed by atoms with Crippen LogP contribution in [0.5, 0.6) is 5.75 Å². The van der Waals surface area contributed by atoms with Crippen LogP contribution in [-0.4, -0.2) is 35.9 Å². The minimum atomic E-state index is -0.531. The molecule has 4 rings (SSSR count). The lowest BCUT2D eigenvalue weighted by atomic mass is 10.0. The topological polar surface area (TPSA) is 124 Å². The summed E-state index contributed by atoms with van der Waals surface area (Å²) >= 11 is 0. The zero-order valence-corrected chi connectivity index (χ0v) is 16.2. The minimum absolute atomic E-state index is 0.0400. The Morgan fingerprint density at radius 1 is 1.17 bits per heavy atom. The average molecular weight is 406 g/mol. The highest BCUT2D eigenvalue weighted by atomic mass is 16.3. The van der Waals surface area contributed by atoms with E-state index in [0.717, 1.165) is 15.3 Å². The van der Waals surface area contributed by atoms with Gasteiger partial charge in [0.1, 0.15) is 17.9 Å². The van der Waals surface area contributed by atoms with Crippen LogP contribution in [0.4, 0.5) is 0 Å². The number of aryl methyl sites for hydroxylation is 1. The van der Waals surface area contributed by atoms with Crippen molar-refractivity contribution >= 4 is 34.1 Å². The molecule has 10 nitrogen and oxygen atoms in total. The number of imidazole rings is 1. The number of nitrogens with one attached hydrogen (secondary N) is 1. The second-order valence-corrected chi connectivity index (χ2v) is 6.76. The van der Waals surface area contributed by atoms with Gasteiger partial charge >= 0.3 is 5.69 Å². The molecular weight excluding hydrogens is 388 g/mol. The number of fused-ring (bicyclic) bond motifs is 2. The molecule has 0 radical (unpaired) electrons. The van der Waals surface area contributed by atoms with Gasteiger partial charge in [-0.15, -0.1) is 0 Å². The van der Waals surface area contributed by atoms with Crippen molar-refractivity contribution in [2.24, 2.45) is 19.2 Å². The van der Waals surface area contributed by atoms with Gasteiger partial charge in [0.2, 0.25) is 0 Å². The van der Waals surface area contributed by atoms with Crippen molar-refractivity contribution in [1.29, 1.82) is 0 Å². The lowest BCUT2D eigenvalue weighted by Crippen LogP contribution is -2.37. The molecule has 0 aliphatic heterocycles. The van der Waals surface area contributed by atoms with E-state index in [0.29, 0.717) is 5.56 Å². The second-order valence-electron chi connectivity index (χ2n) is 6.76. The third-order valence-corrected chi connectivity index (χ3v) is 4.85. The third-order valence-electron chi connectivity index (χ3n) is 4.85. The summed E-state index contributed by atoms with van der Waals surface area (Å²) in [6, 6.07) is 10.8. The monoisotopic (exact) mass is 406 g/mol. The van der Waals surface area contributed by atoms with E-state index in [1.807, 2.05) is 24.3 Å². The minimum Gasteiger partial charge on any atom is -0.507 e. The van der Waals surface area contributed by atoms with Crippen molar-refractivity contribution in [3.63, 3.8) is 0 Å². The lowest BCUT2D eigenvalue weighted by molar-refractivity contribution is -0.121. The molecule has 1 amide bonds. The number of hydrogen-bond acceptors (Lipinski definition) is 6. The molecule has 0 aliphatic carbocycles. The number of aromatic hydroxyl groups is 1. The van der Waals surface area contributed by atoms with E-state index < -0.39 is 17.2 Å². The van der Waals surface area contributed by atoms with Crippen LogP contribution in [0.15, 0.2) is 57.4 Å². The van der Waals surface area contributed by atoms with Gasteiger partial charge in [0, 0.05) is 19.7 Å². The van der Waals surface area contributed by atoms with Crippen molar-refractivity contribution in [2.45, 2.75) is 6.54 Å². The Labute approximate surface area is 169 Å². The highest BCUT2D eigenvalue weighted by molar-refractivity contribution is 6.02. The highest BCUT2D eigenvalue weighted by Gasteiger charge is 2.15. The van der Waals surface area contributed by atoms with E-state index in [9.17, 15) is 19.5 Å². The second kappa shape index (κ2) is 7.32. The fourth-order valence-electron chi connectivity index (χ4n) is 3.33. The number of rotatable bonds is 4. The van der Waals surface area contributed by atoms with E-state index in [-0.39, 0.29) is 23.5 Å². The van der Waals surface area contributed by atoms with Crippen LogP contribution in [0, 0.1) is 0 Å². The number of hydrogen-bond donors (Lipinski definition) is 2. The molecule has 2 heterocycles. The predicted molar refractivity (Wildman–Crippen MR) is 112 cm³/mol. The molecule has 0 atom stereocenters. The third kappa shape index (κ3) is 3.13. The van der Waals surface area contributed by atoms with E-state index in [4.69, 9.17) is 0 Å². The molecule has 30 heavy (non-hydrogen) atoms. The number of benzene rings is 2. The number of phenols is 1. The van der Waals surface area contributed by atoms with E-state index in [1.54, 1.807) is 12.1 Å². The van der Waals surface area contributed by atoms with Crippen LogP contribution in [-0.2, 0) is 25.4 Å². The number of amides is 1. The number of aromatic nitrogens is 4. The molecule has 0 bridgehead atoms. The molecule has 0 saturated heterocycles. The lowest BCUT2D eigenvalue weighted by Gasteiger charge is -2.08. The fourth-order valence-corrected chi connectivity index (χ4v) is 3.33. The van der Waals surface area contributed by atoms with Crippen molar-refractivity contribution in [1.82, 2.24) is 24.1 Å². The van der Waals surface area contributed by atoms with Crippen molar-refractivity contribution in [2.75, 3.05) is 0 Å². The van der Waals surface area contributed by atoms with E-state index in [2.05, 4.69) is 15.5 Å². The summed E-state index contributed by atoms with van der Waals surface area (Å²) in [7, 11) is 2.87. The molecule has 2 aromatic carbocycles. The number of carbonyl (C=O) groups excluding carboxylic acids is 1. The van der Waals surface area contributed by atoms with Gasteiger partial charge in [0.05, 0.1) is 12.5 Å². The Morgan fingerprint density at radius 2 is 1.93 bits per heavy atom. The first-order valence-electron chi connectivity index (χ1n) is 9.02. The van der Waals surface area contributed by atoms with Gasteiger partial charge in [-0.1, -0.05) is 30.3 Å². The van der Waals surface area contributed by atoms with Crippen LogP contribution in [0.25, 0.3) is 21.9 Å². The fraction of sp³-hybridized carbons (Fsp3) is 0.150. The number of hydrazone groups is 1. The van der Waals surface area contributed by atoms with E-state index in [1.165, 1.54) is 35.8 Å². The predicted octanol–water partition coefficient (Wildman–Crippen LogP) is 0.443. The first-order chi connectivity index (χ1) is 14.4. The normalized spacial score (nSPS) is 11.5.